The molecule has 1 aliphatic heterocycles. The number of fused-ring (bicyclic) bond motifs is 1. The molecule has 2 aromatic heterocycles. The molecule has 1 saturated heterocycles. The van der Waals surface area contributed by atoms with Crippen LogP contribution in [-0.4, -0.2) is 27.5 Å². The molecule has 1 aliphatic rings. The number of nitrogens with two attached hydrogens (primary N) is 1. The molecule has 0 radical (unpaired) electrons. The van der Waals surface area contributed by atoms with Crippen LogP contribution in [0.2, 0.25) is 0 Å². The van der Waals surface area contributed by atoms with Gasteiger partial charge in [0.25, 0.3) is 0 Å². The van der Waals surface area contributed by atoms with Gasteiger partial charge in [0.2, 0.25) is 0 Å². The van der Waals surface area contributed by atoms with Gasteiger partial charge in [0, 0.05) is 25.5 Å². The smallest absolute Gasteiger partial charge is 0.180 e. The van der Waals surface area contributed by atoms with E-state index < -0.39 is 0 Å². The van der Waals surface area contributed by atoms with Crippen molar-refractivity contribution in [3.05, 3.63) is 18.6 Å². The number of anilines is 2. The van der Waals surface area contributed by atoms with Gasteiger partial charge in [-0.15, -0.1) is 0 Å². The molecule has 0 atom stereocenters. The highest BCUT2D eigenvalue weighted by Gasteiger charge is 2.15. The monoisotopic (exact) mass is 231 g/mol. The van der Waals surface area contributed by atoms with E-state index in [2.05, 4.69) is 14.9 Å². The van der Waals surface area contributed by atoms with Crippen LogP contribution in [0.4, 0.5) is 11.6 Å². The van der Waals surface area contributed by atoms with E-state index >= 15 is 0 Å². The fourth-order valence-corrected chi connectivity index (χ4v) is 2.43. The van der Waals surface area contributed by atoms with Gasteiger partial charge >= 0.3 is 0 Å². The highest BCUT2D eigenvalue weighted by molar-refractivity contribution is 5.66. The third-order valence-electron chi connectivity index (χ3n) is 3.28. The second-order valence-electron chi connectivity index (χ2n) is 4.55. The molecule has 0 unspecified atom stereocenters. The van der Waals surface area contributed by atoms with E-state index in [1.807, 2.05) is 16.8 Å². The third kappa shape index (κ3) is 1.92. The Bertz CT molecular complexity index is 511. The zero-order valence-electron chi connectivity index (χ0n) is 9.84. The van der Waals surface area contributed by atoms with Gasteiger partial charge in [0.1, 0.15) is 5.82 Å². The van der Waals surface area contributed by atoms with Crippen molar-refractivity contribution < 1.29 is 0 Å². The predicted molar refractivity (Wildman–Crippen MR) is 68.1 cm³/mol. The summed E-state index contributed by atoms with van der Waals surface area (Å²) in [5.41, 5.74) is 6.75. The Hall–Kier alpha value is -1.78. The van der Waals surface area contributed by atoms with E-state index in [1.165, 1.54) is 25.7 Å². The van der Waals surface area contributed by atoms with E-state index in [0.717, 1.165) is 24.6 Å². The zero-order chi connectivity index (χ0) is 11.7. The lowest BCUT2D eigenvalue weighted by atomic mass is 10.2. The maximum absolute atomic E-state index is 5.84. The van der Waals surface area contributed by atoms with Gasteiger partial charge in [-0.25, -0.2) is 9.97 Å². The molecule has 2 aromatic rings. The van der Waals surface area contributed by atoms with Crippen molar-refractivity contribution in [1.82, 2.24) is 14.4 Å². The van der Waals surface area contributed by atoms with Crippen molar-refractivity contribution >= 4 is 17.3 Å². The molecular formula is C12H17N5. The normalized spacial score (nSPS) is 17.3. The number of nitrogen functional groups attached to an aromatic ring is 1. The first-order chi connectivity index (χ1) is 8.34. The lowest BCUT2D eigenvalue weighted by Crippen LogP contribution is -2.26. The largest absolute Gasteiger partial charge is 0.382 e. The van der Waals surface area contributed by atoms with Crippen LogP contribution in [0.5, 0.6) is 0 Å². The van der Waals surface area contributed by atoms with Crippen LogP contribution in [0.15, 0.2) is 18.6 Å². The molecule has 0 saturated carbocycles. The van der Waals surface area contributed by atoms with Crippen molar-refractivity contribution in [2.45, 2.75) is 25.7 Å². The van der Waals surface area contributed by atoms with Gasteiger partial charge < -0.3 is 15.0 Å². The quantitative estimate of drug-likeness (QED) is 0.811. The molecule has 90 valence electrons. The highest BCUT2D eigenvalue weighted by Crippen LogP contribution is 2.22. The molecule has 3 heterocycles. The van der Waals surface area contributed by atoms with Gasteiger partial charge in [-0.05, 0) is 12.8 Å². The van der Waals surface area contributed by atoms with Crippen LogP contribution in [0.25, 0.3) is 5.65 Å². The van der Waals surface area contributed by atoms with Gasteiger partial charge in [-0.3, -0.25) is 0 Å². The van der Waals surface area contributed by atoms with Gasteiger partial charge in [0.05, 0.1) is 6.20 Å². The minimum absolute atomic E-state index is 0.551. The zero-order valence-corrected chi connectivity index (χ0v) is 9.84. The lowest BCUT2D eigenvalue weighted by molar-refractivity contribution is 0.726. The Labute approximate surface area is 100 Å². The molecule has 5 heteroatoms. The van der Waals surface area contributed by atoms with Crippen molar-refractivity contribution in [1.29, 1.82) is 0 Å². The summed E-state index contributed by atoms with van der Waals surface area (Å²) in [7, 11) is 0. The predicted octanol–water partition coefficient (Wildman–Crippen LogP) is 1.69. The van der Waals surface area contributed by atoms with Gasteiger partial charge in [-0.1, -0.05) is 12.8 Å². The minimum atomic E-state index is 0.551. The fourth-order valence-electron chi connectivity index (χ4n) is 2.43. The van der Waals surface area contributed by atoms with Crippen LogP contribution in [0.1, 0.15) is 25.7 Å². The molecule has 2 N–H and O–H groups in total. The summed E-state index contributed by atoms with van der Waals surface area (Å²) in [4.78, 5) is 11.1. The standard InChI is InChI=1S/C12H17N5/c13-10-9-17-8-5-14-11(17)12(15-10)16-6-3-1-2-4-7-16/h5,8-9H,1-4,6-7,13H2. The number of hydrogen-bond acceptors (Lipinski definition) is 4. The average Bonchev–Trinajstić information content (AvgIpc) is 2.62. The number of imidazole rings is 1. The van der Waals surface area contributed by atoms with Gasteiger partial charge in [-0.2, -0.15) is 0 Å². The number of rotatable bonds is 1. The number of nitrogens with zero attached hydrogens (tertiary/aromatic N) is 4. The Morgan fingerprint density at radius 2 is 1.88 bits per heavy atom. The summed E-state index contributed by atoms with van der Waals surface area (Å²) in [5, 5.41) is 0. The van der Waals surface area contributed by atoms with Gasteiger partial charge in [0.15, 0.2) is 11.5 Å². The molecule has 17 heavy (non-hydrogen) atoms. The van der Waals surface area contributed by atoms with Crippen LogP contribution < -0.4 is 10.6 Å². The van der Waals surface area contributed by atoms with E-state index in [-0.39, 0.29) is 0 Å². The van der Waals surface area contributed by atoms with Crippen molar-refractivity contribution in [2.24, 2.45) is 0 Å². The van der Waals surface area contributed by atoms with E-state index in [0.29, 0.717) is 5.82 Å². The Balaban J connectivity index is 2.05. The van der Waals surface area contributed by atoms with Crippen LogP contribution in [0.3, 0.4) is 0 Å². The number of aromatic nitrogens is 3. The second kappa shape index (κ2) is 4.24. The summed E-state index contributed by atoms with van der Waals surface area (Å²) in [6.45, 7) is 2.11. The summed E-state index contributed by atoms with van der Waals surface area (Å²) in [5.74, 6) is 1.48. The average molecular weight is 231 g/mol. The molecular weight excluding hydrogens is 214 g/mol. The molecule has 3 rings (SSSR count). The first-order valence-electron chi connectivity index (χ1n) is 6.19. The third-order valence-corrected chi connectivity index (χ3v) is 3.28. The molecule has 0 spiro atoms. The second-order valence-corrected chi connectivity index (χ2v) is 4.55. The molecule has 0 amide bonds. The summed E-state index contributed by atoms with van der Waals surface area (Å²) >= 11 is 0. The Morgan fingerprint density at radius 1 is 1.12 bits per heavy atom. The van der Waals surface area contributed by atoms with Crippen molar-refractivity contribution in [3.63, 3.8) is 0 Å². The van der Waals surface area contributed by atoms with E-state index in [9.17, 15) is 0 Å². The van der Waals surface area contributed by atoms with E-state index in [4.69, 9.17) is 5.73 Å². The SMILES string of the molecule is Nc1cn2ccnc2c(N2CCCCCC2)n1. The van der Waals surface area contributed by atoms with Crippen molar-refractivity contribution in [2.75, 3.05) is 23.7 Å². The molecule has 0 aromatic carbocycles. The van der Waals surface area contributed by atoms with E-state index in [1.54, 1.807) is 6.20 Å². The summed E-state index contributed by atoms with van der Waals surface area (Å²) in [6.07, 6.45) is 10.6. The van der Waals surface area contributed by atoms with Crippen molar-refractivity contribution in [3.8, 4) is 0 Å². The lowest BCUT2D eigenvalue weighted by Gasteiger charge is -2.21. The molecule has 0 bridgehead atoms. The summed E-state index contributed by atoms with van der Waals surface area (Å²) in [6, 6.07) is 0. The van der Waals surface area contributed by atoms with Crippen LogP contribution >= 0.6 is 0 Å². The first-order valence-corrected chi connectivity index (χ1v) is 6.19. The Morgan fingerprint density at radius 3 is 2.65 bits per heavy atom. The number of hydrogen-bond donors (Lipinski definition) is 1. The molecule has 1 fully saturated rings. The van der Waals surface area contributed by atoms with Crippen LogP contribution in [0, 0.1) is 0 Å². The maximum Gasteiger partial charge on any atom is 0.180 e. The molecule has 0 aliphatic carbocycles. The fraction of sp³-hybridized carbons (Fsp3) is 0.500. The topological polar surface area (TPSA) is 59.5 Å². The minimum Gasteiger partial charge on any atom is -0.382 e. The first kappa shape index (κ1) is 10.4. The highest BCUT2D eigenvalue weighted by atomic mass is 15.2. The maximum atomic E-state index is 5.84. The molecule has 5 nitrogen and oxygen atoms in total. The Kier molecular flexibility index (Phi) is 2.59. The van der Waals surface area contributed by atoms with Crippen LogP contribution in [-0.2, 0) is 0 Å². The summed E-state index contributed by atoms with van der Waals surface area (Å²) < 4.78 is 1.95.